The van der Waals surface area contributed by atoms with Gasteiger partial charge < -0.3 is 19.6 Å². The normalized spacial score (nSPS) is 29.0. The van der Waals surface area contributed by atoms with Crippen LogP contribution in [0.5, 0.6) is 0 Å². The molecule has 6 heteroatoms. The smallest absolute Gasteiger partial charge is 0.410 e. The standard InChI is InChI=1S/C15H26N2O4/c1-15(2,3)21-14(20)16(4)12-8-10-6-5-7-11(9-12)17(10)13(18)19/h10-12H,5-9H2,1-4H3,(H,18,19)/t10-,11+,12+. The Morgan fingerprint density at radius 2 is 1.71 bits per heavy atom. The fourth-order valence-electron chi connectivity index (χ4n) is 3.46. The van der Waals surface area contributed by atoms with Gasteiger partial charge in [0.1, 0.15) is 5.60 Å². The Labute approximate surface area is 126 Å². The van der Waals surface area contributed by atoms with Crippen molar-refractivity contribution in [1.29, 1.82) is 0 Å². The number of ether oxygens (including phenoxy) is 1. The molecular formula is C15H26N2O4. The van der Waals surface area contributed by atoms with Crippen LogP contribution in [0.1, 0.15) is 52.9 Å². The largest absolute Gasteiger partial charge is 0.465 e. The van der Waals surface area contributed by atoms with Gasteiger partial charge in [0.05, 0.1) is 0 Å². The van der Waals surface area contributed by atoms with Crippen LogP contribution >= 0.6 is 0 Å². The van der Waals surface area contributed by atoms with E-state index in [1.807, 2.05) is 20.8 Å². The second kappa shape index (κ2) is 5.73. The Bertz CT molecular complexity index is 404. The fourth-order valence-corrected chi connectivity index (χ4v) is 3.46. The van der Waals surface area contributed by atoms with Gasteiger partial charge in [0.2, 0.25) is 0 Å². The monoisotopic (exact) mass is 298 g/mol. The molecule has 0 unspecified atom stereocenters. The highest BCUT2D eigenvalue weighted by atomic mass is 16.6. The predicted octanol–water partition coefficient (Wildman–Crippen LogP) is 2.92. The summed E-state index contributed by atoms with van der Waals surface area (Å²) < 4.78 is 5.41. The van der Waals surface area contributed by atoms with E-state index in [1.54, 1.807) is 16.8 Å². The molecule has 0 radical (unpaired) electrons. The molecule has 3 atom stereocenters. The van der Waals surface area contributed by atoms with Crippen LogP contribution < -0.4 is 0 Å². The van der Waals surface area contributed by atoms with Crippen molar-refractivity contribution in [1.82, 2.24) is 9.80 Å². The molecule has 2 aliphatic rings. The van der Waals surface area contributed by atoms with Crippen molar-refractivity contribution in [2.24, 2.45) is 0 Å². The Kier molecular flexibility index (Phi) is 4.35. The highest BCUT2D eigenvalue weighted by Gasteiger charge is 2.43. The topological polar surface area (TPSA) is 70.1 Å². The van der Waals surface area contributed by atoms with Crippen LogP contribution in [-0.4, -0.2) is 57.9 Å². The molecule has 2 amide bonds. The lowest BCUT2D eigenvalue weighted by Gasteiger charge is -2.49. The van der Waals surface area contributed by atoms with E-state index in [1.165, 1.54) is 0 Å². The third-order valence-corrected chi connectivity index (χ3v) is 4.40. The number of carbonyl (C=O) groups is 2. The summed E-state index contributed by atoms with van der Waals surface area (Å²) in [5, 5.41) is 9.35. The average Bonchev–Trinajstić information content (AvgIpc) is 2.33. The molecule has 2 fully saturated rings. The number of carbonyl (C=O) groups excluding carboxylic acids is 1. The quantitative estimate of drug-likeness (QED) is 0.808. The summed E-state index contributed by atoms with van der Waals surface area (Å²) >= 11 is 0. The van der Waals surface area contributed by atoms with Crippen molar-refractivity contribution in [3.63, 3.8) is 0 Å². The second-order valence-electron chi connectivity index (χ2n) is 7.14. The summed E-state index contributed by atoms with van der Waals surface area (Å²) in [6, 6.07) is 0.125. The van der Waals surface area contributed by atoms with Gasteiger partial charge in [-0.1, -0.05) is 0 Å². The summed E-state index contributed by atoms with van der Waals surface area (Å²) in [6.07, 6.45) is 3.11. The van der Waals surface area contributed by atoms with Crippen molar-refractivity contribution in [3.05, 3.63) is 0 Å². The van der Waals surface area contributed by atoms with Crippen molar-refractivity contribution in [2.75, 3.05) is 7.05 Å². The molecule has 0 aromatic carbocycles. The maximum Gasteiger partial charge on any atom is 0.410 e. The molecule has 120 valence electrons. The lowest BCUT2D eigenvalue weighted by Crippen LogP contribution is -2.58. The van der Waals surface area contributed by atoms with Crippen LogP contribution in [0, 0.1) is 0 Å². The lowest BCUT2D eigenvalue weighted by atomic mass is 9.81. The number of amides is 2. The van der Waals surface area contributed by atoms with Crippen molar-refractivity contribution in [2.45, 2.75) is 76.6 Å². The Balaban J connectivity index is 2.03. The van der Waals surface area contributed by atoms with Crippen LogP contribution in [0.25, 0.3) is 0 Å². The van der Waals surface area contributed by atoms with E-state index < -0.39 is 11.7 Å². The second-order valence-corrected chi connectivity index (χ2v) is 7.14. The Morgan fingerprint density at radius 1 is 1.19 bits per heavy atom. The fraction of sp³-hybridized carbons (Fsp3) is 0.867. The molecule has 2 heterocycles. The molecule has 21 heavy (non-hydrogen) atoms. The number of rotatable bonds is 1. The maximum atomic E-state index is 12.2. The van der Waals surface area contributed by atoms with Gasteiger partial charge in [-0.25, -0.2) is 9.59 Å². The number of fused-ring (bicyclic) bond motifs is 2. The lowest BCUT2D eigenvalue weighted by molar-refractivity contribution is -0.0113. The zero-order valence-corrected chi connectivity index (χ0v) is 13.3. The van der Waals surface area contributed by atoms with Gasteiger partial charge in [0, 0.05) is 25.2 Å². The van der Waals surface area contributed by atoms with E-state index in [0.29, 0.717) is 12.8 Å². The van der Waals surface area contributed by atoms with Crippen molar-refractivity contribution < 1.29 is 19.4 Å². The van der Waals surface area contributed by atoms with Crippen LogP contribution in [0.15, 0.2) is 0 Å². The SMILES string of the molecule is CN(C(=O)OC(C)(C)C)[C@H]1C[C@H]2CCC[C@@H](C1)N2C(=O)O. The summed E-state index contributed by atoms with van der Waals surface area (Å²) in [5.74, 6) is 0. The van der Waals surface area contributed by atoms with Crippen molar-refractivity contribution in [3.8, 4) is 0 Å². The van der Waals surface area contributed by atoms with E-state index in [2.05, 4.69) is 0 Å². The zero-order chi connectivity index (χ0) is 15.8. The molecule has 0 spiro atoms. The minimum atomic E-state index is -0.830. The summed E-state index contributed by atoms with van der Waals surface area (Å²) in [4.78, 5) is 26.8. The first kappa shape index (κ1) is 15.9. The van der Waals surface area contributed by atoms with Gasteiger partial charge in [0.25, 0.3) is 0 Å². The Morgan fingerprint density at radius 3 is 2.14 bits per heavy atom. The van der Waals surface area contributed by atoms with Gasteiger partial charge in [-0.15, -0.1) is 0 Å². The van der Waals surface area contributed by atoms with E-state index >= 15 is 0 Å². The van der Waals surface area contributed by atoms with Gasteiger partial charge >= 0.3 is 12.2 Å². The molecule has 1 N–H and O–H groups in total. The molecule has 2 bridgehead atoms. The molecular weight excluding hydrogens is 272 g/mol. The maximum absolute atomic E-state index is 12.2. The first-order chi connectivity index (χ1) is 9.69. The highest BCUT2D eigenvalue weighted by molar-refractivity contribution is 5.69. The number of piperidine rings is 2. The van der Waals surface area contributed by atoms with Gasteiger partial charge in [-0.2, -0.15) is 0 Å². The summed E-state index contributed by atoms with van der Waals surface area (Å²) in [6.45, 7) is 5.54. The van der Waals surface area contributed by atoms with Gasteiger partial charge in [-0.3, -0.25) is 0 Å². The number of nitrogens with zero attached hydrogens (tertiary/aromatic N) is 2. The first-order valence-electron chi connectivity index (χ1n) is 7.66. The van der Waals surface area contributed by atoms with Crippen LogP contribution in [0.2, 0.25) is 0 Å². The minimum Gasteiger partial charge on any atom is -0.465 e. The van der Waals surface area contributed by atoms with E-state index in [0.717, 1.165) is 19.3 Å². The highest BCUT2D eigenvalue weighted by Crippen LogP contribution is 2.36. The van der Waals surface area contributed by atoms with Crippen LogP contribution in [-0.2, 0) is 4.74 Å². The summed E-state index contributed by atoms with van der Waals surface area (Å²) in [7, 11) is 1.75. The molecule has 0 aromatic heterocycles. The zero-order valence-electron chi connectivity index (χ0n) is 13.3. The van der Waals surface area contributed by atoms with E-state index in [-0.39, 0.29) is 24.2 Å². The molecule has 2 rings (SSSR count). The Hall–Kier alpha value is -1.46. The average molecular weight is 298 g/mol. The van der Waals surface area contributed by atoms with Crippen LogP contribution in [0.3, 0.4) is 0 Å². The minimum absolute atomic E-state index is 0.0323. The van der Waals surface area contributed by atoms with E-state index in [9.17, 15) is 14.7 Å². The molecule has 6 nitrogen and oxygen atoms in total. The third-order valence-electron chi connectivity index (χ3n) is 4.40. The number of hydrogen-bond acceptors (Lipinski definition) is 3. The third kappa shape index (κ3) is 3.60. The molecule has 0 aromatic rings. The van der Waals surface area contributed by atoms with Gasteiger partial charge in [-0.05, 0) is 52.9 Å². The number of hydrogen-bond donors (Lipinski definition) is 1. The number of carboxylic acid groups (broad SMARTS) is 1. The van der Waals surface area contributed by atoms with Crippen LogP contribution in [0.4, 0.5) is 9.59 Å². The summed E-state index contributed by atoms with van der Waals surface area (Å²) in [5.41, 5.74) is -0.511. The molecule has 0 saturated carbocycles. The van der Waals surface area contributed by atoms with Gasteiger partial charge in [0.15, 0.2) is 0 Å². The predicted molar refractivity (Wildman–Crippen MR) is 78.3 cm³/mol. The van der Waals surface area contributed by atoms with Crippen molar-refractivity contribution >= 4 is 12.2 Å². The molecule has 2 saturated heterocycles. The first-order valence-corrected chi connectivity index (χ1v) is 7.66. The molecule has 2 aliphatic heterocycles. The van der Waals surface area contributed by atoms with E-state index in [4.69, 9.17) is 4.74 Å². The molecule has 0 aliphatic carbocycles.